The molecule has 0 aromatic carbocycles. The molecule has 1 aromatic heterocycles. The van der Waals surface area contributed by atoms with E-state index in [1.807, 2.05) is 0 Å². The molecule has 2 heterocycles. The summed E-state index contributed by atoms with van der Waals surface area (Å²) in [7, 11) is 3.43. The molecule has 19 heavy (non-hydrogen) atoms. The molecule has 2 rings (SSSR count). The van der Waals surface area contributed by atoms with E-state index < -0.39 is 0 Å². The smallest absolute Gasteiger partial charge is 0.319 e. The van der Waals surface area contributed by atoms with E-state index in [9.17, 15) is 9.59 Å². The highest BCUT2D eigenvalue weighted by Gasteiger charge is 2.26. The van der Waals surface area contributed by atoms with E-state index in [4.69, 9.17) is 16.0 Å². The minimum atomic E-state index is -0.191. The summed E-state index contributed by atoms with van der Waals surface area (Å²) in [4.78, 5) is 28.8. The zero-order valence-corrected chi connectivity index (χ0v) is 11.7. The van der Waals surface area contributed by atoms with Crippen LogP contribution < -0.4 is 0 Å². The van der Waals surface area contributed by atoms with Gasteiger partial charge in [0.1, 0.15) is 0 Å². The van der Waals surface area contributed by atoms with Crippen molar-refractivity contribution < 1.29 is 14.0 Å². The van der Waals surface area contributed by atoms with Gasteiger partial charge in [0.25, 0.3) is 5.91 Å². The third-order valence-electron chi connectivity index (χ3n) is 3.00. The molecule has 7 heteroatoms. The maximum Gasteiger partial charge on any atom is 0.319 e. The Labute approximate surface area is 116 Å². The van der Waals surface area contributed by atoms with Crippen molar-refractivity contribution in [3.05, 3.63) is 23.1 Å². The van der Waals surface area contributed by atoms with Crippen LogP contribution in [0.5, 0.6) is 0 Å². The lowest BCUT2D eigenvalue weighted by molar-refractivity contribution is 0.0620. The van der Waals surface area contributed by atoms with Gasteiger partial charge in [0, 0.05) is 40.3 Å². The van der Waals surface area contributed by atoms with Crippen LogP contribution in [0.4, 0.5) is 4.79 Å². The second-order valence-corrected chi connectivity index (χ2v) is 4.93. The summed E-state index contributed by atoms with van der Waals surface area (Å²) < 4.78 is 5.10. The first kappa shape index (κ1) is 13.7. The fourth-order valence-electron chi connectivity index (χ4n) is 1.97. The Morgan fingerprint density at radius 2 is 1.74 bits per heavy atom. The highest BCUT2D eigenvalue weighted by molar-refractivity contribution is 6.29. The first-order chi connectivity index (χ1) is 8.99. The first-order valence-electron chi connectivity index (χ1n) is 6.00. The van der Waals surface area contributed by atoms with Gasteiger partial charge in [-0.15, -0.1) is 0 Å². The monoisotopic (exact) mass is 285 g/mol. The number of hydrogen-bond donors (Lipinski definition) is 0. The van der Waals surface area contributed by atoms with Gasteiger partial charge in [-0.05, 0) is 23.7 Å². The molecular formula is C12H16ClN3O3. The molecule has 3 amide bonds. The molecule has 0 atom stereocenters. The molecule has 0 N–H and O–H groups in total. The van der Waals surface area contributed by atoms with Crippen molar-refractivity contribution in [2.24, 2.45) is 0 Å². The number of carbonyl (C=O) groups excluding carboxylic acids is 2. The van der Waals surface area contributed by atoms with Gasteiger partial charge >= 0.3 is 6.03 Å². The summed E-state index contributed by atoms with van der Waals surface area (Å²) >= 11 is 5.65. The lowest BCUT2D eigenvalue weighted by Gasteiger charge is -2.35. The summed E-state index contributed by atoms with van der Waals surface area (Å²) in [5, 5.41) is 0.199. The van der Waals surface area contributed by atoms with Gasteiger partial charge in [-0.25, -0.2) is 4.79 Å². The molecule has 1 aliphatic heterocycles. The lowest BCUT2D eigenvalue weighted by Crippen LogP contribution is -2.52. The highest BCUT2D eigenvalue weighted by atomic mass is 35.5. The van der Waals surface area contributed by atoms with Crippen molar-refractivity contribution in [3.8, 4) is 0 Å². The molecule has 0 bridgehead atoms. The summed E-state index contributed by atoms with van der Waals surface area (Å²) in [6, 6.07) is 3.07. The zero-order chi connectivity index (χ0) is 14.0. The molecule has 104 valence electrons. The fourth-order valence-corrected chi connectivity index (χ4v) is 2.11. The molecule has 6 nitrogen and oxygen atoms in total. The second kappa shape index (κ2) is 5.52. The molecule has 0 radical (unpaired) electrons. The van der Waals surface area contributed by atoms with Crippen LogP contribution in [0.3, 0.4) is 0 Å². The zero-order valence-electron chi connectivity index (χ0n) is 10.9. The quantitative estimate of drug-likeness (QED) is 0.783. The number of halogens is 1. The van der Waals surface area contributed by atoms with Gasteiger partial charge in [0.2, 0.25) is 0 Å². The van der Waals surface area contributed by atoms with E-state index in [1.54, 1.807) is 36.0 Å². The van der Waals surface area contributed by atoms with Crippen LogP contribution in [-0.2, 0) is 0 Å². The first-order valence-corrected chi connectivity index (χ1v) is 6.37. The van der Waals surface area contributed by atoms with Crippen molar-refractivity contribution in [1.82, 2.24) is 14.7 Å². The van der Waals surface area contributed by atoms with Gasteiger partial charge in [-0.1, -0.05) is 0 Å². The molecule has 0 aliphatic carbocycles. The van der Waals surface area contributed by atoms with E-state index in [-0.39, 0.29) is 22.9 Å². The molecule has 0 unspecified atom stereocenters. The highest BCUT2D eigenvalue weighted by Crippen LogP contribution is 2.16. The van der Waals surface area contributed by atoms with Crippen molar-refractivity contribution >= 4 is 23.5 Å². The number of furan rings is 1. The normalized spacial score (nSPS) is 15.5. The van der Waals surface area contributed by atoms with Crippen LogP contribution in [0, 0.1) is 0 Å². The van der Waals surface area contributed by atoms with Gasteiger partial charge in [-0.3, -0.25) is 4.79 Å². The number of hydrogen-bond acceptors (Lipinski definition) is 3. The standard InChI is InChI=1S/C12H16ClN3O3/c1-14(2)12(18)16-7-5-15(6-8-16)11(17)9-3-4-10(13)19-9/h3-4H,5-8H2,1-2H3. The number of rotatable bonds is 1. The molecule has 0 spiro atoms. The van der Waals surface area contributed by atoms with E-state index >= 15 is 0 Å². The number of urea groups is 1. The Bertz CT molecular complexity index is 478. The second-order valence-electron chi connectivity index (χ2n) is 4.56. The number of nitrogens with zero attached hydrogens (tertiary/aromatic N) is 3. The summed E-state index contributed by atoms with van der Waals surface area (Å²) in [6.45, 7) is 2.04. The third kappa shape index (κ3) is 3.01. The predicted octanol–water partition coefficient (Wildman–Crippen LogP) is 1.37. The minimum absolute atomic E-state index is 0.0341. The van der Waals surface area contributed by atoms with Crippen molar-refractivity contribution in [1.29, 1.82) is 0 Å². The SMILES string of the molecule is CN(C)C(=O)N1CCN(C(=O)c2ccc(Cl)o2)CC1. The average molecular weight is 286 g/mol. The van der Waals surface area contributed by atoms with Crippen LogP contribution in [0.25, 0.3) is 0 Å². The molecule has 0 saturated carbocycles. The third-order valence-corrected chi connectivity index (χ3v) is 3.21. The average Bonchev–Trinajstić information content (AvgIpc) is 2.84. The Kier molecular flexibility index (Phi) is 3.99. The predicted molar refractivity (Wildman–Crippen MR) is 70.3 cm³/mol. The summed E-state index contributed by atoms with van der Waals surface area (Å²) in [5.74, 6) is 0.0428. The van der Waals surface area contributed by atoms with E-state index in [1.165, 1.54) is 4.90 Å². The van der Waals surface area contributed by atoms with Crippen LogP contribution >= 0.6 is 11.6 Å². The van der Waals surface area contributed by atoms with Crippen molar-refractivity contribution in [3.63, 3.8) is 0 Å². The number of piperazine rings is 1. The molecule has 1 aliphatic rings. The van der Waals surface area contributed by atoms with Crippen LogP contribution in [0.2, 0.25) is 5.22 Å². The molecule has 1 fully saturated rings. The van der Waals surface area contributed by atoms with Crippen molar-refractivity contribution in [2.75, 3.05) is 40.3 Å². The largest absolute Gasteiger partial charge is 0.440 e. The van der Waals surface area contributed by atoms with Gasteiger partial charge in [0.15, 0.2) is 11.0 Å². The van der Waals surface area contributed by atoms with Crippen LogP contribution in [0.15, 0.2) is 16.5 Å². The Balaban J connectivity index is 1.93. The maximum atomic E-state index is 12.1. The number of carbonyl (C=O) groups is 2. The topological polar surface area (TPSA) is 57.0 Å². The van der Waals surface area contributed by atoms with Crippen molar-refractivity contribution in [2.45, 2.75) is 0 Å². The lowest BCUT2D eigenvalue weighted by atomic mass is 10.3. The number of amides is 3. The van der Waals surface area contributed by atoms with E-state index in [0.717, 1.165) is 0 Å². The van der Waals surface area contributed by atoms with E-state index in [0.29, 0.717) is 26.2 Å². The van der Waals surface area contributed by atoms with E-state index in [2.05, 4.69) is 0 Å². The Hall–Kier alpha value is -1.69. The fraction of sp³-hybridized carbons (Fsp3) is 0.500. The van der Waals surface area contributed by atoms with Crippen LogP contribution in [0.1, 0.15) is 10.6 Å². The van der Waals surface area contributed by atoms with Gasteiger partial charge in [-0.2, -0.15) is 0 Å². The minimum Gasteiger partial charge on any atom is -0.440 e. The maximum absolute atomic E-state index is 12.1. The molecular weight excluding hydrogens is 270 g/mol. The summed E-state index contributed by atoms with van der Waals surface area (Å²) in [5.41, 5.74) is 0. The van der Waals surface area contributed by atoms with Crippen LogP contribution in [-0.4, -0.2) is 66.9 Å². The molecule has 1 aromatic rings. The Morgan fingerprint density at radius 3 is 2.21 bits per heavy atom. The van der Waals surface area contributed by atoms with Gasteiger partial charge in [0.05, 0.1) is 0 Å². The molecule has 1 saturated heterocycles. The van der Waals surface area contributed by atoms with Gasteiger partial charge < -0.3 is 19.1 Å². The summed E-state index contributed by atoms with van der Waals surface area (Å²) in [6.07, 6.45) is 0. The Morgan fingerprint density at radius 1 is 1.16 bits per heavy atom.